The van der Waals surface area contributed by atoms with Crippen molar-refractivity contribution in [3.63, 3.8) is 0 Å². The van der Waals surface area contributed by atoms with Crippen molar-refractivity contribution < 1.29 is 18.7 Å². The third kappa shape index (κ3) is 7.43. The van der Waals surface area contributed by atoms with Crippen LogP contribution in [0.15, 0.2) is 110 Å². The minimum atomic E-state index is -2.77. The van der Waals surface area contributed by atoms with Gasteiger partial charge in [-0.15, -0.1) is 5.10 Å². The molecule has 0 aliphatic heterocycles. The summed E-state index contributed by atoms with van der Waals surface area (Å²) < 4.78 is 20.9. The maximum Gasteiger partial charge on any atom is 0.269 e. The van der Waals surface area contributed by atoms with Crippen LogP contribution in [0.2, 0.25) is 10.1 Å². The molecule has 256 valence electrons. The lowest BCUT2D eigenvalue weighted by atomic mass is 10.2. The first-order valence-electron chi connectivity index (χ1n) is 16.2. The quantitative estimate of drug-likeness (QED) is 0.122. The second-order valence-electron chi connectivity index (χ2n) is 12.7. The van der Waals surface area contributed by atoms with Crippen molar-refractivity contribution in [2.75, 3.05) is 25.1 Å². The number of para-hydroxylation sites is 1. The molecule has 0 fully saturated rings. The van der Waals surface area contributed by atoms with Gasteiger partial charge in [-0.25, -0.2) is 9.97 Å². The standard InChI is InChI=1S/C37H38ClN7O4Si/c1-26-13-11-12-18-30(26)45-34-33(43-44-45)36(41-25-40-34)49-31(35(46)42-32-20-19-27(38)23-39-32)24-47-21-22-48-50(37(2,3)4,28-14-7-5-8-15-28)29-16-9-6-10-17-29/h5-20,23,25,31H,21-22,24H2,1-4H3,(H,39,42,46). The van der Waals surface area contributed by atoms with Gasteiger partial charge in [-0.2, -0.15) is 9.67 Å². The number of ether oxygens (including phenoxy) is 2. The molecular weight excluding hydrogens is 670 g/mol. The Morgan fingerprint density at radius 1 is 0.880 bits per heavy atom. The number of carbonyl (C=O) groups excluding carboxylic acids is 1. The van der Waals surface area contributed by atoms with Crippen molar-refractivity contribution in [1.29, 1.82) is 0 Å². The van der Waals surface area contributed by atoms with Crippen LogP contribution >= 0.6 is 11.6 Å². The summed E-state index contributed by atoms with van der Waals surface area (Å²) in [5, 5.41) is 14.0. The number of nitrogens with one attached hydrogen (secondary N) is 1. The molecule has 3 aromatic carbocycles. The van der Waals surface area contributed by atoms with Gasteiger partial charge in [0.2, 0.25) is 12.0 Å². The van der Waals surface area contributed by atoms with Crippen LogP contribution in [0.1, 0.15) is 26.3 Å². The summed E-state index contributed by atoms with van der Waals surface area (Å²) in [5.41, 5.74) is 2.53. The van der Waals surface area contributed by atoms with E-state index in [4.69, 9.17) is 25.5 Å². The molecular formula is C37H38ClN7O4Si. The Morgan fingerprint density at radius 3 is 2.20 bits per heavy atom. The SMILES string of the molecule is Cc1ccccc1-n1nnc2c(OC(COCCO[Si](c3ccccc3)(c3ccccc3)C(C)(C)C)C(=O)Nc3ccc(Cl)cn3)ncnc21. The predicted octanol–water partition coefficient (Wildman–Crippen LogP) is 5.55. The van der Waals surface area contributed by atoms with Gasteiger partial charge in [0.15, 0.2) is 11.2 Å². The Kier molecular flexibility index (Phi) is 10.6. The highest BCUT2D eigenvalue weighted by Gasteiger charge is 2.50. The van der Waals surface area contributed by atoms with Crippen LogP contribution in [-0.4, -0.2) is 70.1 Å². The second kappa shape index (κ2) is 15.3. The predicted molar refractivity (Wildman–Crippen MR) is 196 cm³/mol. The number of pyridine rings is 1. The maximum absolute atomic E-state index is 13.6. The first kappa shape index (κ1) is 34.8. The largest absolute Gasteiger partial charge is 0.460 e. The third-order valence-corrected chi connectivity index (χ3v) is 13.6. The number of nitrogens with zero attached hydrogens (tertiary/aromatic N) is 6. The van der Waals surface area contributed by atoms with E-state index in [0.717, 1.165) is 11.3 Å². The van der Waals surface area contributed by atoms with E-state index in [-0.39, 0.29) is 24.1 Å². The average molecular weight is 708 g/mol. The molecule has 0 bridgehead atoms. The number of anilines is 1. The Bertz CT molecular complexity index is 2000. The van der Waals surface area contributed by atoms with Crippen molar-refractivity contribution in [3.8, 4) is 11.6 Å². The van der Waals surface area contributed by atoms with Crippen LogP contribution in [0.4, 0.5) is 5.82 Å². The molecule has 6 aromatic rings. The molecule has 0 aliphatic rings. The van der Waals surface area contributed by atoms with E-state index < -0.39 is 20.3 Å². The van der Waals surface area contributed by atoms with Gasteiger partial charge in [-0.1, -0.05) is 116 Å². The Labute approximate surface area is 296 Å². The van der Waals surface area contributed by atoms with Gasteiger partial charge in [0.25, 0.3) is 14.2 Å². The molecule has 1 amide bonds. The zero-order valence-electron chi connectivity index (χ0n) is 28.3. The monoisotopic (exact) mass is 707 g/mol. The average Bonchev–Trinajstić information content (AvgIpc) is 3.55. The van der Waals surface area contributed by atoms with Gasteiger partial charge in [-0.05, 0) is 46.1 Å². The normalized spacial score (nSPS) is 12.5. The van der Waals surface area contributed by atoms with Crippen LogP contribution in [0.5, 0.6) is 5.88 Å². The molecule has 50 heavy (non-hydrogen) atoms. The number of rotatable bonds is 13. The molecule has 0 aliphatic carbocycles. The number of halogens is 1. The first-order chi connectivity index (χ1) is 24.2. The Hall–Kier alpha value is -5.01. The summed E-state index contributed by atoms with van der Waals surface area (Å²) in [6, 6.07) is 31.8. The number of aromatic nitrogens is 6. The van der Waals surface area contributed by atoms with Gasteiger partial charge in [0, 0.05) is 6.20 Å². The minimum absolute atomic E-state index is 0.0891. The summed E-state index contributed by atoms with van der Waals surface area (Å²) in [6.45, 7) is 9.02. The highest BCUT2D eigenvalue weighted by Crippen LogP contribution is 2.36. The summed E-state index contributed by atoms with van der Waals surface area (Å²) in [5.74, 6) is -0.0988. The topological polar surface area (TPSA) is 126 Å². The van der Waals surface area contributed by atoms with E-state index >= 15 is 0 Å². The lowest BCUT2D eigenvalue weighted by Crippen LogP contribution is -2.66. The highest BCUT2D eigenvalue weighted by atomic mass is 35.5. The van der Waals surface area contributed by atoms with E-state index in [1.165, 1.54) is 22.9 Å². The molecule has 0 saturated carbocycles. The molecule has 0 saturated heterocycles. The minimum Gasteiger partial charge on any atom is -0.460 e. The smallest absolute Gasteiger partial charge is 0.269 e. The fourth-order valence-electron chi connectivity index (χ4n) is 5.94. The van der Waals surface area contributed by atoms with Gasteiger partial charge in [-0.3, -0.25) is 4.79 Å². The first-order valence-corrected chi connectivity index (χ1v) is 18.5. The van der Waals surface area contributed by atoms with Crippen LogP contribution in [0, 0.1) is 6.92 Å². The van der Waals surface area contributed by atoms with Crippen molar-refractivity contribution in [2.45, 2.75) is 38.8 Å². The van der Waals surface area contributed by atoms with Crippen LogP contribution in [0.25, 0.3) is 16.9 Å². The van der Waals surface area contributed by atoms with Gasteiger partial charge in [0.05, 0.1) is 30.5 Å². The van der Waals surface area contributed by atoms with Gasteiger partial charge < -0.3 is 19.2 Å². The second-order valence-corrected chi connectivity index (χ2v) is 17.4. The lowest BCUT2D eigenvalue weighted by Gasteiger charge is -2.43. The molecule has 3 heterocycles. The lowest BCUT2D eigenvalue weighted by molar-refractivity contribution is -0.125. The van der Waals surface area contributed by atoms with Gasteiger partial charge in [0.1, 0.15) is 12.1 Å². The zero-order valence-corrected chi connectivity index (χ0v) is 30.0. The maximum atomic E-state index is 13.6. The number of fused-ring (bicyclic) bond motifs is 1. The fraction of sp³-hybridized carbons (Fsp3) is 0.243. The van der Waals surface area contributed by atoms with E-state index in [9.17, 15) is 4.79 Å². The van der Waals surface area contributed by atoms with Crippen molar-refractivity contribution in [2.24, 2.45) is 0 Å². The number of amides is 1. The Balaban J connectivity index is 1.22. The van der Waals surface area contributed by atoms with E-state index in [0.29, 0.717) is 28.6 Å². The Morgan fingerprint density at radius 2 is 1.56 bits per heavy atom. The third-order valence-electron chi connectivity index (χ3n) is 8.31. The molecule has 0 spiro atoms. The summed E-state index contributed by atoms with van der Waals surface area (Å²) in [7, 11) is -2.77. The molecule has 13 heteroatoms. The number of hydrogen-bond donors (Lipinski definition) is 1. The molecule has 6 rings (SSSR count). The fourth-order valence-corrected chi connectivity index (χ4v) is 10.6. The van der Waals surface area contributed by atoms with E-state index in [1.54, 1.807) is 16.8 Å². The summed E-state index contributed by atoms with van der Waals surface area (Å²) >= 11 is 6.01. The number of aryl methyl sites for hydroxylation is 1. The van der Waals surface area contributed by atoms with E-state index in [1.807, 2.05) is 67.6 Å². The molecule has 1 unspecified atom stereocenters. The summed E-state index contributed by atoms with van der Waals surface area (Å²) in [4.78, 5) is 26.5. The molecule has 1 atom stereocenters. The van der Waals surface area contributed by atoms with Crippen molar-refractivity contribution in [1.82, 2.24) is 29.9 Å². The van der Waals surface area contributed by atoms with Crippen LogP contribution in [-0.2, 0) is 14.0 Å². The number of hydrogen-bond acceptors (Lipinski definition) is 9. The van der Waals surface area contributed by atoms with Crippen LogP contribution < -0.4 is 20.4 Å². The highest BCUT2D eigenvalue weighted by molar-refractivity contribution is 6.99. The summed E-state index contributed by atoms with van der Waals surface area (Å²) in [6.07, 6.45) is 1.66. The van der Waals surface area contributed by atoms with Crippen molar-refractivity contribution in [3.05, 3.63) is 120 Å². The van der Waals surface area contributed by atoms with Crippen LogP contribution in [0.3, 0.4) is 0 Å². The zero-order chi connectivity index (χ0) is 35.1. The molecule has 1 N–H and O–H groups in total. The number of carbonyl (C=O) groups is 1. The van der Waals surface area contributed by atoms with E-state index in [2.05, 4.69) is 75.6 Å². The van der Waals surface area contributed by atoms with Gasteiger partial charge >= 0.3 is 0 Å². The number of benzene rings is 3. The van der Waals surface area contributed by atoms with Crippen molar-refractivity contribution >= 4 is 53.2 Å². The molecule has 3 aromatic heterocycles. The molecule has 0 radical (unpaired) electrons. The molecule has 11 nitrogen and oxygen atoms in total.